The Bertz CT molecular complexity index is 1120. The predicted molar refractivity (Wildman–Crippen MR) is 141 cm³/mol. The molecule has 6 nitrogen and oxygen atoms in total. The number of halogens is 2. The van der Waals surface area contributed by atoms with Crippen molar-refractivity contribution in [1.29, 1.82) is 0 Å². The monoisotopic (exact) mass is 537 g/mol. The molecule has 2 aromatic rings. The highest BCUT2D eigenvalue weighted by molar-refractivity contribution is 7.88. The van der Waals surface area contributed by atoms with Gasteiger partial charge in [-0.1, -0.05) is 60.0 Å². The van der Waals surface area contributed by atoms with Gasteiger partial charge in [0.15, 0.2) is 0 Å². The van der Waals surface area contributed by atoms with E-state index >= 15 is 0 Å². The highest BCUT2D eigenvalue weighted by atomic mass is 35.5. The molecule has 190 valence electrons. The minimum atomic E-state index is -3.66. The lowest BCUT2D eigenvalue weighted by Gasteiger charge is -2.31. The first kappa shape index (κ1) is 26.4. The lowest BCUT2D eigenvalue weighted by molar-refractivity contribution is -0.126. The van der Waals surface area contributed by atoms with Crippen LogP contribution in [-0.4, -0.2) is 49.7 Å². The number of sulfonamides is 1. The number of nitrogens with zero attached hydrogens (tertiary/aromatic N) is 2. The summed E-state index contributed by atoms with van der Waals surface area (Å²) in [4.78, 5) is 15.5. The van der Waals surface area contributed by atoms with Crippen LogP contribution in [0.3, 0.4) is 0 Å². The van der Waals surface area contributed by atoms with Crippen LogP contribution < -0.4 is 5.32 Å². The van der Waals surface area contributed by atoms with Gasteiger partial charge in [0.2, 0.25) is 15.9 Å². The Hall–Kier alpha value is -1.64. The SMILES string of the molecule is O=C(NCc1ccccc1CN1CCCCC1)C1CCCN(S(=O)(=O)Cc2c(Cl)cccc2Cl)C1. The molecule has 1 unspecified atom stereocenters. The summed E-state index contributed by atoms with van der Waals surface area (Å²) in [6.07, 6.45) is 5.08. The standard InChI is InChI=1S/C26H33Cl2N3O3S/c27-24-11-6-12-25(28)23(24)19-35(33,34)31-15-7-10-22(18-31)26(32)29-16-20-8-2-3-9-21(20)17-30-13-4-1-5-14-30/h2-3,6,8-9,11-12,22H,1,4-5,7,10,13-19H2,(H,29,32). The number of amides is 1. The van der Waals surface area contributed by atoms with Crippen molar-refractivity contribution in [1.82, 2.24) is 14.5 Å². The Balaban J connectivity index is 1.36. The van der Waals surface area contributed by atoms with Crippen molar-refractivity contribution < 1.29 is 13.2 Å². The summed E-state index contributed by atoms with van der Waals surface area (Å²) >= 11 is 12.4. The number of carbonyl (C=O) groups is 1. The fraction of sp³-hybridized carbons (Fsp3) is 0.500. The molecule has 35 heavy (non-hydrogen) atoms. The highest BCUT2D eigenvalue weighted by Crippen LogP contribution is 2.29. The number of rotatable bonds is 8. The lowest BCUT2D eigenvalue weighted by Crippen LogP contribution is -2.45. The molecule has 0 bridgehead atoms. The number of likely N-dealkylation sites (tertiary alicyclic amines) is 1. The maximum atomic E-state index is 13.1. The van der Waals surface area contributed by atoms with Crippen LogP contribution in [0.5, 0.6) is 0 Å². The fourth-order valence-corrected chi connectivity index (χ4v) is 7.28. The molecule has 2 aliphatic rings. The topological polar surface area (TPSA) is 69.7 Å². The maximum absolute atomic E-state index is 13.1. The Morgan fingerprint density at radius 3 is 2.31 bits per heavy atom. The van der Waals surface area contributed by atoms with E-state index in [-0.39, 0.29) is 24.1 Å². The molecule has 1 amide bonds. The third kappa shape index (κ3) is 6.98. The molecule has 2 aliphatic heterocycles. The average Bonchev–Trinajstić information content (AvgIpc) is 2.86. The molecule has 2 heterocycles. The summed E-state index contributed by atoms with van der Waals surface area (Å²) in [6, 6.07) is 13.2. The van der Waals surface area contributed by atoms with E-state index in [0.717, 1.165) is 25.2 Å². The Kier molecular flexibility index (Phi) is 9.11. The van der Waals surface area contributed by atoms with Crippen LogP contribution in [-0.2, 0) is 33.7 Å². The Labute approximate surface area is 218 Å². The third-order valence-electron chi connectivity index (χ3n) is 6.95. The summed E-state index contributed by atoms with van der Waals surface area (Å²) in [7, 11) is -3.66. The molecule has 0 radical (unpaired) electrons. The van der Waals surface area contributed by atoms with E-state index in [1.54, 1.807) is 18.2 Å². The molecule has 2 saturated heterocycles. The van der Waals surface area contributed by atoms with Crippen LogP contribution in [0.2, 0.25) is 10.0 Å². The van der Waals surface area contributed by atoms with Gasteiger partial charge in [-0.3, -0.25) is 9.69 Å². The van der Waals surface area contributed by atoms with E-state index in [1.807, 2.05) is 12.1 Å². The van der Waals surface area contributed by atoms with E-state index in [0.29, 0.717) is 41.5 Å². The van der Waals surface area contributed by atoms with Crippen LogP contribution in [0.1, 0.15) is 48.8 Å². The van der Waals surface area contributed by atoms with Crippen molar-refractivity contribution in [3.63, 3.8) is 0 Å². The van der Waals surface area contributed by atoms with Gasteiger partial charge in [-0.15, -0.1) is 0 Å². The van der Waals surface area contributed by atoms with Crippen molar-refractivity contribution in [3.8, 4) is 0 Å². The Morgan fingerprint density at radius 1 is 0.914 bits per heavy atom. The third-order valence-corrected chi connectivity index (χ3v) is 9.43. The summed E-state index contributed by atoms with van der Waals surface area (Å²) in [5.41, 5.74) is 2.74. The van der Waals surface area contributed by atoms with Gasteiger partial charge in [0.05, 0.1) is 11.7 Å². The Morgan fingerprint density at radius 2 is 1.60 bits per heavy atom. The number of hydrogen-bond acceptors (Lipinski definition) is 4. The molecule has 2 fully saturated rings. The molecule has 1 N–H and O–H groups in total. The minimum Gasteiger partial charge on any atom is -0.352 e. The summed E-state index contributed by atoms with van der Waals surface area (Å²) in [6.45, 7) is 4.14. The normalized spacial score (nSPS) is 20.0. The largest absolute Gasteiger partial charge is 0.352 e. The number of benzene rings is 2. The average molecular weight is 539 g/mol. The molecular formula is C26H33Cl2N3O3S. The quantitative estimate of drug-likeness (QED) is 0.523. The molecule has 0 aliphatic carbocycles. The lowest BCUT2D eigenvalue weighted by atomic mass is 9.98. The molecular weight excluding hydrogens is 505 g/mol. The van der Waals surface area contributed by atoms with Crippen LogP contribution in [0.25, 0.3) is 0 Å². The van der Waals surface area contributed by atoms with Crippen molar-refractivity contribution in [2.75, 3.05) is 26.2 Å². The van der Waals surface area contributed by atoms with E-state index in [4.69, 9.17) is 23.2 Å². The first-order valence-corrected chi connectivity index (χ1v) is 14.7. The van der Waals surface area contributed by atoms with Gasteiger partial charge in [-0.2, -0.15) is 0 Å². The van der Waals surface area contributed by atoms with E-state index < -0.39 is 10.0 Å². The first-order valence-electron chi connectivity index (χ1n) is 12.3. The maximum Gasteiger partial charge on any atom is 0.224 e. The second-order valence-electron chi connectivity index (χ2n) is 9.48. The van der Waals surface area contributed by atoms with E-state index in [1.165, 1.54) is 29.1 Å². The van der Waals surface area contributed by atoms with Gasteiger partial charge in [0.1, 0.15) is 0 Å². The van der Waals surface area contributed by atoms with Gasteiger partial charge in [-0.05, 0) is 62.0 Å². The van der Waals surface area contributed by atoms with Crippen molar-refractivity contribution in [2.24, 2.45) is 5.92 Å². The number of carbonyl (C=O) groups excluding carboxylic acids is 1. The summed E-state index contributed by atoms with van der Waals surface area (Å²) in [5.74, 6) is -0.757. The second-order valence-corrected chi connectivity index (χ2v) is 12.3. The van der Waals surface area contributed by atoms with Crippen molar-refractivity contribution in [2.45, 2.75) is 50.9 Å². The van der Waals surface area contributed by atoms with Crippen molar-refractivity contribution in [3.05, 3.63) is 69.2 Å². The molecule has 0 spiro atoms. The predicted octanol–water partition coefficient (Wildman–Crippen LogP) is 4.84. The van der Waals surface area contributed by atoms with Gasteiger partial charge in [0, 0.05) is 41.8 Å². The van der Waals surface area contributed by atoms with Crippen LogP contribution >= 0.6 is 23.2 Å². The molecule has 0 saturated carbocycles. The van der Waals surface area contributed by atoms with Crippen LogP contribution in [0.4, 0.5) is 0 Å². The highest BCUT2D eigenvalue weighted by Gasteiger charge is 2.33. The molecule has 1 atom stereocenters. The molecule has 9 heteroatoms. The van der Waals surface area contributed by atoms with Crippen LogP contribution in [0.15, 0.2) is 42.5 Å². The van der Waals surface area contributed by atoms with E-state index in [2.05, 4.69) is 22.3 Å². The first-order chi connectivity index (χ1) is 16.8. The summed E-state index contributed by atoms with van der Waals surface area (Å²) in [5, 5.41) is 3.72. The fourth-order valence-electron chi connectivity index (χ4n) is 4.92. The number of hydrogen-bond donors (Lipinski definition) is 1. The zero-order valence-electron chi connectivity index (χ0n) is 19.9. The van der Waals surface area contributed by atoms with Gasteiger partial charge < -0.3 is 5.32 Å². The van der Waals surface area contributed by atoms with Gasteiger partial charge >= 0.3 is 0 Å². The zero-order valence-corrected chi connectivity index (χ0v) is 22.2. The van der Waals surface area contributed by atoms with E-state index in [9.17, 15) is 13.2 Å². The number of nitrogens with one attached hydrogen (secondary N) is 1. The summed E-state index contributed by atoms with van der Waals surface area (Å²) < 4.78 is 27.6. The minimum absolute atomic E-state index is 0.103. The van der Waals surface area contributed by atoms with Crippen molar-refractivity contribution >= 4 is 39.1 Å². The van der Waals surface area contributed by atoms with Gasteiger partial charge in [0.25, 0.3) is 0 Å². The van der Waals surface area contributed by atoms with Gasteiger partial charge in [-0.25, -0.2) is 12.7 Å². The second kappa shape index (κ2) is 12.1. The van der Waals surface area contributed by atoms with Crippen LogP contribution in [0, 0.1) is 5.92 Å². The molecule has 2 aromatic carbocycles. The molecule has 0 aromatic heterocycles. The molecule has 4 rings (SSSR count). The number of piperidine rings is 2. The zero-order chi connectivity index (χ0) is 24.8. The smallest absolute Gasteiger partial charge is 0.224 e.